The molecule has 0 spiro atoms. The Hall–Kier alpha value is -2.74. The monoisotopic (exact) mass is 528 g/mol. The van der Waals surface area contributed by atoms with Crippen molar-refractivity contribution in [1.82, 2.24) is 10.2 Å². The van der Waals surface area contributed by atoms with E-state index in [-0.39, 0.29) is 19.1 Å². The van der Waals surface area contributed by atoms with Crippen LogP contribution in [0.15, 0.2) is 60.7 Å². The van der Waals surface area contributed by atoms with Gasteiger partial charge in [-0.1, -0.05) is 60.1 Å². The fourth-order valence-electron chi connectivity index (χ4n) is 4.54. The van der Waals surface area contributed by atoms with Crippen LogP contribution in [0.5, 0.6) is 5.75 Å². The first-order valence-corrected chi connectivity index (χ1v) is 13.2. The Morgan fingerprint density at radius 2 is 1.86 bits per heavy atom. The number of ether oxygens (including phenoxy) is 1. The summed E-state index contributed by atoms with van der Waals surface area (Å²) in [6.07, 6.45) is 1.37. The van der Waals surface area contributed by atoms with Gasteiger partial charge in [0.1, 0.15) is 11.9 Å². The third-order valence-electron chi connectivity index (χ3n) is 7.09. The number of nitrogens with one attached hydrogen (secondary N) is 1. The van der Waals surface area contributed by atoms with Gasteiger partial charge in [-0.15, -0.1) is 0 Å². The highest BCUT2D eigenvalue weighted by Crippen LogP contribution is 2.34. The molecule has 196 valence electrons. The molecule has 8 heteroatoms. The van der Waals surface area contributed by atoms with Crippen molar-refractivity contribution >= 4 is 28.3 Å². The summed E-state index contributed by atoms with van der Waals surface area (Å²) < 4.78 is 35.7. The zero-order valence-corrected chi connectivity index (χ0v) is 21.3. The second-order valence-electron chi connectivity index (χ2n) is 10.1. The quantitative estimate of drug-likeness (QED) is 0.344. The summed E-state index contributed by atoms with van der Waals surface area (Å²) in [5.74, 6) is -4.43. The number of benzene rings is 3. The number of carbonyl (C=O) groups excluding carboxylic acids is 1. The van der Waals surface area contributed by atoms with E-state index in [4.69, 9.17) is 16.3 Å². The Kier molecular flexibility index (Phi) is 7.65. The van der Waals surface area contributed by atoms with Crippen molar-refractivity contribution in [2.45, 2.75) is 56.3 Å². The van der Waals surface area contributed by atoms with Gasteiger partial charge in [0, 0.05) is 13.0 Å². The summed E-state index contributed by atoms with van der Waals surface area (Å²) in [5, 5.41) is 15.9. The third-order valence-corrected chi connectivity index (χ3v) is 7.39. The first kappa shape index (κ1) is 25.9. The first-order chi connectivity index (χ1) is 17.8. The number of alkyl halides is 2. The van der Waals surface area contributed by atoms with Crippen LogP contribution in [0.4, 0.5) is 8.78 Å². The summed E-state index contributed by atoms with van der Waals surface area (Å²) in [6, 6.07) is 17.3. The molecule has 2 aliphatic rings. The minimum absolute atomic E-state index is 0.0582. The Bertz CT molecular complexity index is 1260. The molecule has 5 rings (SSSR count). The minimum Gasteiger partial charge on any atom is -0.489 e. The van der Waals surface area contributed by atoms with Gasteiger partial charge < -0.3 is 20.1 Å². The molecule has 0 radical (unpaired) electrons. The van der Waals surface area contributed by atoms with Crippen LogP contribution in [0.2, 0.25) is 5.02 Å². The van der Waals surface area contributed by atoms with E-state index in [0.29, 0.717) is 16.3 Å². The molecule has 5 nitrogen and oxygen atoms in total. The Balaban J connectivity index is 1.25. The zero-order valence-electron chi connectivity index (χ0n) is 20.5. The van der Waals surface area contributed by atoms with Gasteiger partial charge >= 0.3 is 5.92 Å². The number of carbonyl (C=O) groups is 1. The molecular formula is C29H31ClF2N2O3. The van der Waals surface area contributed by atoms with E-state index in [1.54, 1.807) is 18.2 Å². The molecule has 3 aromatic rings. The second kappa shape index (κ2) is 10.9. The number of rotatable bonds is 11. The number of hydrogen-bond donors (Lipinski definition) is 2. The number of fused-ring (bicyclic) bond motifs is 1. The maximum Gasteiger partial charge on any atom is 0.324 e. The molecule has 37 heavy (non-hydrogen) atoms. The molecule has 1 amide bonds. The highest BCUT2D eigenvalue weighted by atomic mass is 35.5. The van der Waals surface area contributed by atoms with Gasteiger partial charge in [0.15, 0.2) is 0 Å². The lowest BCUT2D eigenvalue weighted by Gasteiger charge is -2.36. The summed E-state index contributed by atoms with van der Waals surface area (Å²) in [5.41, 5.74) is 1.19. The van der Waals surface area contributed by atoms with Gasteiger partial charge in [-0.2, -0.15) is 8.78 Å². The van der Waals surface area contributed by atoms with Crippen LogP contribution in [-0.2, 0) is 11.2 Å². The molecule has 1 aliphatic heterocycles. The summed E-state index contributed by atoms with van der Waals surface area (Å²) in [4.78, 5) is 14.8. The van der Waals surface area contributed by atoms with Gasteiger partial charge in [0.2, 0.25) is 0 Å². The summed E-state index contributed by atoms with van der Waals surface area (Å²) in [7, 11) is 0. The number of aliphatic hydroxyl groups is 1. The highest BCUT2D eigenvalue weighted by molar-refractivity contribution is 6.32. The van der Waals surface area contributed by atoms with E-state index in [1.807, 2.05) is 47.4 Å². The Morgan fingerprint density at radius 3 is 2.54 bits per heavy atom. The largest absolute Gasteiger partial charge is 0.489 e. The van der Waals surface area contributed by atoms with E-state index in [1.165, 1.54) is 0 Å². The van der Waals surface area contributed by atoms with Crippen molar-refractivity contribution in [1.29, 1.82) is 0 Å². The van der Waals surface area contributed by atoms with Crippen LogP contribution < -0.4 is 10.1 Å². The van der Waals surface area contributed by atoms with Crippen LogP contribution in [0.25, 0.3) is 10.8 Å². The van der Waals surface area contributed by atoms with Gasteiger partial charge in [-0.3, -0.25) is 4.79 Å². The van der Waals surface area contributed by atoms with Crippen molar-refractivity contribution < 1.29 is 23.4 Å². The van der Waals surface area contributed by atoms with Crippen LogP contribution >= 0.6 is 11.6 Å². The molecule has 2 atom stereocenters. The molecule has 2 N–H and O–H groups in total. The highest BCUT2D eigenvalue weighted by Gasteiger charge is 2.41. The fraction of sp³-hybridized carbons (Fsp3) is 0.414. The molecule has 1 saturated carbocycles. The normalized spacial score (nSPS) is 17.7. The van der Waals surface area contributed by atoms with Gasteiger partial charge in [0.25, 0.3) is 5.91 Å². The number of hydrogen-bond acceptors (Lipinski definition) is 4. The van der Waals surface area contributed by atoms with Gasteiger partial charge in [0.05, 0.1) is 17.2 Å². The lowest BCUT2D eigenvalue weighted by atomic mass is 9.99. The Labute approximate surface area is 220 Å². The maximum atomic E-state index is 15.0. The average Bonchev–Trinajstić information content (AvgIpc) is 3.69. The van der Waals surface area contributed by atoms with Crippen molar-refractivity contribution in [2.24, 2.45) is 0 Å². The minimum atomic E-state index is -3.59. The Morgan fingerprint density at radius 1 is 1.11 bits per heavy atom. The number of halogens is 3. The second-order valence-corrected chi connectivity index (χ2v) is 10.5. The van der Waals surface area contributed by atoms with Crippen molar-refractivity contribution in [3.63, 3.8) is 0 Å². The topological polar surface area (TPSA) is 61.8 Å². The van der Waals surface area contributed by atoms with Crippen LogP contribution in [0.3, 0.4) is 0 Å². The molecule has 2 fully saturated rings. The predicted molar refractivity (Wildman–Crippen MR) is 140 cm³/mol. The van der Waals surface area contributed by atoms with E-state index in [2.05, 4.69) is 5.32 Å². The smallest absolute Gasteiger partial charge is 0.324 e. The van der Waals surface area contributed by atoms with Crippen LogP contribution in [0, 0.1) is 0 Å². The molecule has 1 saturated heterocycles. The predicted octanol–water partition coefficient (Wildman–Crippen LogP) is 5.53. The van der Waals surface area contributed by atoms with Crippen molar-refractivity contribution in [3.05, 3.63) is 76.8 Å². The fourth-order valence-corrected chi connectivity index (χ4v) is 4.78. The van der Waals surface area contributed by atoms with Gasteiger partial charge in [-0.25, -0.2) is 0 Å². The SMILES string of the molecule is O=C(N[C@H](CN1CCC1)[C@H](O)c1ccc(OC2CC2)c(Cl)c1)C(F)(F)CCc1ccc2ccccc2c1. The van der Waals surface area contributed by atoms with Crippen molar-refractivity contribution in [3.8, 4) is 5.75 Å². The van der Waals surface area contributed by atoms with Crippen LogP contribution in [0.1, 0.15) is 42.9 Å². The van der Waals surface area contributed by atoms with E-state index < -0.39 is 30.4 Å². The summed E-state index contributed by atoms with van der Waals surface area (Å²) in [6.45, 7) is 1.87. The van der Waals surface area contributed by atoms with Crippen LogP contribution in [-0.4, -0.2) is 53.6 Å². The molecule has 1 heterocycles. The van der Waals surface area contributed by atoms with Crippen molar-refractivity contribution in [2.75, 3.05) is 19.6 Å². The molecule has 3 aromatic carbocycles. The maximum absolute atomic E-state index is 15.0. The molecule has 0 unspecified atom stereocenters. The molecule has 0 bridgehead atoms. The average molecular weight is 529 g/mol. The third kappa shape index (κ3) is 6.40. The molecule has 1 aliphatic carbocycles. The van der Waals surface area contributed by atoms with E-state index in [0.717, 1.165) is 48.7 Å². The zero-order chi connectivity index (χ0) is 26.0. The first-order valence-electron chi connectivity index (χ1n) is 12.8. The number of nitrogens with zero attached hydrogens (tertiary/aromatic N) is 1. The number of likely N-dealkylation sites (tertiary alicyclic amines) is 1. The molecule has 0 aromatic heterocycles. The van der Waals surface area contributed by atoms with E-state index >= 15 is 0 Å². The molecular weight excluding hydrogens is 498 g/mol. The summed E-state index contributed by atoms with van der Waals surface area (Å²) >= 11 is 6.35. The lowest BCUT2D eigenvalue weighted by molar-refractivity contribution is -0.148. The lowest BCUT2D eigenvalue weighted by Crippen LogP contribution is -2.54. The van der Waals surface area contributed by atoms with Gasteiger partial charge in [-0.05, 0) is 72.8 Å². The standard InChI is InChI=1S/C29H31ClF2N2O3/c30-24-17-22(8-11-26(24)37-23-9-10-23)27(35)25(18-34-14-3-15-34)33-28(36)29(31,32)13-12-19-6-7-20-4-1-2-5-21(20)16-19/h1-2,4-8,11,16-17,23,25,27,35H,3,9-10,12-15,18H2,(H,33,36)/t25-,27-/m1/s1. The van der Waals surface area contributed by atoms with E-state index in [9.17, 15) is 18.7 Å². The number of amides is 1. The number of aliphatic hydroxyl groups excluding tert-OH is 1. The number of aryl methyl sites for hydroxylation is 1.